The van der Waals surface area contributed by atoms with E-state index in [2.05, 4.69) is 12.1 Å². The second-order valence-corrected chi connectivity index (χ2v) is 5.48. The molecular weight excluding hydrogens is 256 g/mol. The molecule has 0 saturated carbocycles. The molecule has 0 bridgehead atoms. The average Bonchev–Trinajstić information content (AvgIpc) is 2.40. The molecule has 2 aromatic carbocycles. The van der Waals surface area contributed by atoms with Crippen LogP contribution in [0.15, 0.2) is 54.6 Å². The van der Waals surface area contributed by atoms with Crippen molar-refractivity contribution in [3.05, 3.63) is 70.7 Å². The van der Waals surface area contributed by atoms with Crippen LogP contribution in [-0.2, 0) is 12.8 Å². The van der Waals surface area contributed by atoms with Crippen LogP contribution in [0, 0.1) is 0 Å². The van der Waals surface area contributed by atoms with Gasteiger partial charge in [-0.25, -0.2) is 0 Å². The molecule has 2 rings (SSSR count). The van der Waals surface area contributed by atoms with Gasteiger partial charge in [-0.1, -0.05) is 61.0 Å². The van der Waals surface area contributed by atoms with E-state index in [4.69, 9.17) is 11.6 Å². The molecule has 1 unspecified atom stereocenters. The van der Waals surface area contributed by atoms with E-state index in [9.17, 15) is 5.11 Å². The van der Waals surface area contributed by atoms with Crippen molar-refractivity contribution < 1.29 is 5.11 Å². The standard InChI is InChI=1S/C17H19ClO/c1-2-17(19,12-14-7-4-3-5-8-14)13-15-9-6-10-16(18)11-15/h3-11,19H,2,12-13H2,1H3. The van der Waals surface area contributed by atoms with Crippen molar-refractivity contribution in [2.45, 2.75) is 31.8 Å². The first-order valence-corrected chi connectivity index (χ1v) is 7.00. The van der Waals surface area contributed by atoms with Crippen LogP contribution in [-0.4, -0.2) is 10.7 Å². The van der Waals surface area contributed by atoms with Gasteiger partial charge in [0.1, 0.15) is 0 Å². The number of halogens is 1. The van der Waals surface area contributed by atoms with Gasteiger partial charge in [0.2, 0.25) is 0 Å². The molecule has 0 fully saturated rings. The third-order valence-electron chi connectivity index (χ3n) is 3.46. The zero-order chi connectivity index (χ0) is 13.7. The molecule has 0 aromatic heterocycles. The van der Waals surface area contributed by atoms with Gasteiger partial charge in [0.25, 0.3) is 0 Å². The van der Waals surface area contributed by atoms with Crippen LogP contribution < -0.4 is 0 Å². The highest BCUT2D eigenvalue weighted by Gasteiger charge is 2.25. The van der Waals surface area contributed by atoms with Gasteiger partial charge in [0.15, 0.2) is 0 Å². The molecule has 2 heteroatoms. The molecule has 0 aliphatic heterocycles. The smallest absolute Gasteiger partial charge is 0.0725 e. The van der Waals surface area contributed by atoms with E-state index >= 15 is 0 Å². The first kappa shape index (κ1) is 14.1. The quantitative estimate of drug-likeness (QED) is 0.863. The Morgan fingerprint density at radius 1 is 0.947 bits per heavy atom. The highest BCUT2D eigenvalue weighted by Crippen LogP contribution is 2.23. The minimum Gasteiger partial charge on any atom is -0.389 e. The Kier molecular flexibility index (Phi) is 4.62. The summed E-state index contributed by atoms with van der Waals surface area (Å²) in [5.74, 6) is 0. The zero-order valence-corrected chi connectivity index (χ0v) is 11.9. The fourth-order valence-electron chi connectivity index (χ4n) is 2.32. The predicted octanol–water partition coefficient (Wildman–Crippen LogP) is 4.27. The van der Waals surface area contributed by atoms with Gasteiger partial charge in [-0.3, -0.25) is 0 Å². The van der Waals surface area contributed by atoms with Crippen LogP contribution in [0.2, 0.25) is 5.02 Å². The Labute approximate surface area is 119 Å². The van der Waals surface area contributed by atoms with Crippen molar-refractivity contribution in [2.24, 2.45) is 0 Å². The lowest BCUT2D eigenvalue weighted by atomic mass is 9.86. The van der Waals surface area contributed by atoms with Crippen LogP contribution in [0.1, 0.15) is 24.5 Å². The molecule has 19 heavy (non-hydrogen) atoms. The normalized spacial score (nSPS) is 14.1. The Morgan fingerprint density at radius 2 is 1.58 bits per heavy atom. The predicted molar refractivity (Wildman–Crippen MR) is 80.5 cm³/mol. The Hall–Kier alpha value is -1.31. The summed E-state index contributed by atoms with van der Waals surface area (Å²) in [6, 6.07) is 17.8. The van der Waals surface area contributed by atoms with E-state index < -0.39 is 5.60 Å². The third kappa shape index (κ3) is 4.09. The first-order chi connectivity index (χ1) is 9.11. The van der Waals surface area contributed by atoms with Crippen LogP contribution >= 0.6 is 11.6 Å². The van der Waals surface area contributed by atoms with Gasteiger partial charge >= 0.3 is 0 Å². The van der Waals surface area contributed by atoms with Gasteiger partial charge in [0.05, 0.1) is 5.60 Å². The van der Waals surface area contributed by atoms with Gasteiger partial charge in [0, 0.05) is 17.9 Å². The fourth-order valence-corrected chi connectivity index (χ4v) is 2.53. The van der Waals surface area contributed by atoms with E-state index in [1.165, 1.54) is 0 Å². The minimum atomic E-state index is -0.716. The largest absolute Gasteiger partial charge is 0.389 e. The number of hydrogen-bond donors (Lipinski definition) is 1. The molecule has 0 amide bonds. The molecule has 100 valence electrons. The summed E-state index contributed by atoms with van der Waals surface area (Å²) in [6.45, 7) is 2.02. The summed E-state index contributed by atoms with van der Waals surface area (Å²) in [5, 5.41) is 11.5. The molecule has 1 N–H and O–H groups in total. The molecule has 0 radical (unpaired) electrons. The maximum atomic E-state index is 10.8. The lowest BCUT2D eigenvalue weighted by Gasteiger charge is -2.27. The van der Waals surface area contributed by atoms with Crippen molar-refractivity contribution in [1.29, 1.82) is 0 Å². The van der Waals surface area contributed by atoms with Crippen molar-refractivity contribution >= 4 is 11.6 Å². The summed E-state index contributed by atoms with van der Waals surface area (Å²) < 4.78 is 0. The molecule has 0 aliphatic rings. The Morgan fingerprint density at radius 3 is 2.21 bits per heavy atom. The summed E-state index contributed by atoms with van der Waals surface area (Å²) in [4.78, 5) is 0. The summed E-state index contributed by atoms with van der Waals surface area (Å²) in [5.41, 5.74) is 1.52. The summed E-state index contributed by atoms with van der Waals surface area (Å²) in [7, 11) is 0. The molecular formula is C17H19ClO. The monoisotopic (exact) mass is 274 g/mol. The van der Waals surface area contributed by atoms with E-state index in [-0.39, 0.29) is 0 Å². The Bertz CT molecular complexity index is 524. The van der Waals surface area contributed by atoms with Crippen molar-refractivity contribution in [2.75, 3.05) is 0 Å². The van der Waals surface area contributed by atoms with Crippen molar-refractivity contribution in [3.63, 3.8) is 0 Å². The molecule has 0 saturated heterocycles. The highest BCUT2D eigenvalue weighted by molar-refractivity contribution is 6.30. The van der Waals surface area contributed by atoms with Crippen molar-refractivity contribution in [1.82, 2.24) is 0 Å². The fraction of sp³-hybridized carbons (Fsp3) is 0.294. The van der Waals surface area contributed by atoms with E-state index in [0.29, 0.717) is 19.3 Å². The Balaban J connectivity index is 2.14. The summed E-state index contributed by atoms with van der Waals surface area (Å²) >= 11 is 6.00. The number of rotatable bonds is 5. The van der Waals surface area contributed by atoms with E-state index in [1.807, 2.05) is 49.4 Å². The second kappa shape index (κ2) is 6.23. The van der Waals surface area contributed by atoms with Gasteiger partial charge in [-0.05, 0) is 29.7 Å². The van der Waals surface area contributed by atoms with Crippen molar-refractivity contribution in [3.8, 4) is 0 Å². The van der Waals surface area contributed by atoms with E-state index in [1.54, 1.807) is 0 Å². The lowest BCUT2D eigenvalue weighted by Crippen LogP contribution is -2.33. The van der Waals surface area contributed by atoms with Crippen LogP contribution in [0.3, 0.4) is 0 Å². The first-order valence-electron chi connectivity index (χ1n) is 6.62. The van der Waals surface area contributed by atoms with Gasteiger partial charge < -0.3 is 5.11 Å². The maximum absolute atomic E-state index is 10.8. The lowest BCUT2D eigenvalue weighted by molar-refractivity contribution is 0.0369. The number of benzene rings is 2. The SMILES string of the molecule is CCC(O)(Cc1ccccc1)Cc1cccc(Cl)c1. The molecule has 0 spiro atoms. The third-order valence-corrected chi connectivity index (χ3v) is 3.69. The average molecular weight is 275 g/mol. The molecule has 0 aliphatic carbocycles. The molecule has 0 heterocycles. The van der Waals surface area contributed by atoms with Crippen LogP contribution in [0.5, 0.6) is 0 Å². The molecule has 1 nitrogen and oxygen atoms in total. The number of hydrogen-bond acceptors (Lipinski definition) is 1. The minimum absolute atomic E-state index is 0.624. The highest BCUT2D eigenvalue weighted by atomic mass is 35.5. The summed E-state index contributed by atoms with van der Waals surface area (Å²) in [6.07, 6.45) is 2.00. The van der Waals surface area contributed by atoms with Gasteiger partial charge in [-0.2, -0.15) is 0 Å². The van der Waals surface area contributed by atoms with Gasteiger partial charge in [-0.15, -0.1) is 0 Å². The zero-order valence-electron chi connectivity index (χ0n) is 11.1. The second-order valence-electron chi connectivity index (χ2n) is 5.05. The van der Waals surface area contributed by atoms with Crippen LogP contribution in [0.4, 0.5) is 0 Å². The number of aliphatic hydroxyl groups is 1. The van der Waals surface area contributed by atoms with E-state index in [0.717, 1.165) is 16.1 Å². The topological polar surface area (TPSA) is 20.2 Å². The van der Waals surface area contributed by atoms with Crippen LogP contribution in [0.25, 0.3) is 0 Å². The molecule has 1 atom stereocenters. The maximum Gasteiger partial charge on any atom is 0.0725 e. The molecule has 2 aromatic rings.